The third kappa shape index (κ3) is 7.90. The SMILES string of the molecule is CCOc1cc(CNCCc2ccc(OC)c(OC)c2)c(Br)cc1OCC(=O)Nc1ccc(C)cc1. The van der Waals surface area contributed by atoms with Crippen molar-refractivity contribution < 1.29 is 23.7 Å². The lowest BCUT2D eigenvalue weighted by atomic mass is 10.1. The van der Waals surface area contributed by atoms with Gasteiger partial charge in [0.25, 0.3) is 5.91 Å². The molecule has 0 aliphatic carbocycles. The molecule has 0 aliphatic rings. The molecular formula is C28H33BrN2O5. The number of carbonyl (C=O) groups excluding carboxylic acids is 1. The molecule has 0 fully saturated rings. The normalized spacial score (nSPS) is 10.6. The van der Waals surface area contributed by atoms with Gasteiger partial charge in [0.15, 0.2) is 29.6 Å². The summed E-state index contributed by atoms with van der Waals surface area (Å²) in [5, 5.41) is 6.30. The highest BCUT2D eigenvalue weighted by Gasteiger charge is 2.13. The summed E-state index contributed by atoms with van der Waals surface area (Å²) in [6.45, 7) is 5.70. The third-order valence-corrected chi connectivity index (χ3v) is 6.20. The molecule has 1 amide bonds. The first-order chi connectivity index (χ1) is 17.4. The maximum absolute atomic E-state index is 12.3. The second kappa shape index (κ2) is 13.8. The number of carbonyl (C=O) groups is 1. The molecular weight excluding hydrogens is 524 g/mol. The fraction of sp³-hybridized carbons (Fsp3) is 0.321. The van der Waals surface area contributed by atoms with Crippen LogP contribution in [0.25, 0.3) is 0 Å². The van der Waals surface area contributed by atoms with E-state index in [4.69, 9.17) is 18.9 Å². The molecule has 36 heavy (non-hydrogen) atoms. The molecule has 0 bridgehead atoms. The molecule has 8 heteroatoms. The van der Waals surface area contributed by atoms with Crippen molar-refractivity contribution >= 4 is 27.5 Å². The molecule has 3 aromatic rings. The molecule has 192 valence electrons. The Morgan fingerprint density at radius 2 is 1.61 bits per heavy atom. The molecule has 0 unspecified atom stereocenters. The van der Waals surface area contributed by atoms with Crippen molar-refractivity contribution in [3.8, 4) is 23.0 Å². The van der Waals surface area contributed by atoms with E-state index in [2.05, 4.69) is 26.6 Å². The Morgan fingerprint density at radius 3 is 2.31 bits per heavy atom. The highest BCUT2D eigenvalue weighted by Crippen LogP contribution is 2.34. The predicted octanol–water partition coefficient (Wildman–Crippen LogP) is 5.52. The van der Waals surface area contributed by atoms with Crippen LogP contribution >= 0.6 is 15.9 Å². The van der Waals surface area contributed by atoms with Crippen molar-refractivity contribution in [3.63, 3.8) is 0 Å². The van der Waals surface area contributed by atoms with Gasteiger partial charge in [-0.3, -0.25) is 4.79 Å². The van der Waals surface area contributed by atoms with Gasteiger partial charge in [-0.25, -0.2) is 0 Å². The van der Waals surface area contributed by atoms with E-state index in [1.807, 2.05) is 68.4 Å². The van der Waals surface area contributed by atoms with Crippen LogP contribution in [0.3, 0.4) is 0 Å². The molecule has 0 aromatic heterocycles. The van der Waals surface area contributed by atoms with Crippen molar-refractivity contribution in [1.82, 2.24) is 5.32 Å². The quantitative estimate of drug-likeness (QED) is 0.270. The fourth-order valence-corrected chi connectivity index (χ4v) is 4.03. The van der Waals surface area contributed by atoms with Crippen molar-refractivity contribution in [2.24, 2.45) is 0 Å². The number of hydrogen-bond acceptors (Lipinski definition) is 6. The minimum atomic E-state index is -0.238. The van der Waals surface area contributed by atoms with E-state index in [0.29, 0.717) is 24.7 Å². The number of aryl methyl sites for hydroxylation is 1. The average Bonchev–Trinajstić information content (AvgIpc) is 2.88. The topological polar surface area (TPSA) is 78.1 Å². The molecule has 0 spiro atoms. The minimum absolute atomic E-state index is 0.122. The Labute approximate surface area is 221 Å². The summed E-state index contributed by atoms with van der Waals surface area (Å²) in [6, 6.07) is 17.3. The first-order valence-corrected chi connectivity index (χ1v) is 12.6. The van der Waals surface area contributed by atoms with E-state index in [1.54, 1.807) is 14.2 Å². The summed E-state index contributed by atoms with van der Waals surface area (Å²) in [5.41, 5.74) is 4.05. The highest BCUT2D eigenvalue weighted by molar-refractivity contribution is 9.10. The minimum Gasteiger partial charge on any atom is -0.493 e. The van der Waals surface area contributed by atoms with Gasteiger partial charge in [0, 0.05) is 16.7 Å². The first kappa shape index (κ1) is 27.4. The summed E-state index contributed by atoms with van der Waals surface area (Å²) in [4.78, 5) is 12.3. The maximum atomic E-state index is 12.3. The molecule has 0 atom stereocenters. The number of ether oxygens (including phenoxy) is 4. The Morgan fingerprint density at radius 1 is 0.889 bits per heavy atom. The lowest BCUT2D eigenvalue weighted by Crippen LogP contribution is -2.20. The van der Waals surface area contributed by atoms with Gasteiger partial charge in [0.1, 0.15) is 0 Å². The number of methoxy groups -OCH3 is 2. The molecule has 0 heterocycles. The van der Waals surface area contributed by atoms with Crippen LogP contribution < -0.4 is 29.6 Å². The third-order valence-electron chi connectivity index (χ3n) is 5.46. The van der Waals surface area contributed by atoms with Crippen LogP contribution in [0.2, 0.25) is 0 Å². The van der Waals surface area contributed by atoms with E-state index in [0.717, 1.165) is 51.3 Å². The van der Waals surface area contributed by atoms with Gasteiger partial charge in [-0.05, 0) is 74.3 Å². The second-order valence-corrected chi connectivity index (χ2v) is 9.00. The molecule has 7 nitrogen and oxygen atoms in total. The fourth-order valence-electron chi connectivity index (χ4n) is 3.56. The summed E-state index contributed by atoms with van der Waals surface area (Å²) < 4.78 is 23.1. The monoisotopic (exact) mass is 556 g/mol. The lowest BCUT2D eigenvalue weighted by Gasteiger charge is -2.16. The van der Waals surface area contributed by atoms with Crippen LogP contribution in [0.1, 0.15) is 23.6 Å². The van der Waals surface area contributed by atoms with Crippen molar-refractivity contribution in [3.05, 3.63) is 75.8 Å². The van der Waals surface area contributed by atoms with Crippen LogP contribution in [0, 0.1) is 6.92 Å². The zero-order chi connectivity index (χ0) is 25.9. The van der Waals surface area contributed by atoms with Gasteiger partial charge < -0.3 is 29.6 Å². The number of anilines is 1. The van der Waals surface area contributed by atoms with Crippen molar-refractivity contribution in [2.45, 2.75) is 26.8 Å². The van der Waals surface area contributed by atoms with E-state index >= 15 is 0 Å². The van der Waals surface area contributed by atoms with Crippen LogP contribution in [-0.2, 0) is 17.8 Å². The molecule has 0 saturated heterocycles. The van der Waals surface area contributed by atoms with Crippen LogP contribution in [-0.4, -0.2) is 39.9 Å². The van der Waals surface area contributed by atoms with Gasteiger partial charge in [-0.2, -0.15) is 0 Å². The second-order valence-electron chi connectivity index (χ2n) is 8.14. The zero-order valence-electron chi connectivity index (χ0n) is 21.2. The average molecular weight is 557 g/mol. The van der Waals surface area contributed by atoms with Crippen molar-refractivity contribution in [1.29, 1.82) is 0 Å². The van der Waals surface area contributed by atoms with Gasteiger partial charge >= 0.3 is 0 Å². The van der Waals surface area contributed by atoms with E-state index in [-0.39, 0.29) is 12.5 Å². The highest BCUT2D eigenvalue weighted by atomic mass is 79.9. The number of rotatable bonds is 13. The maximum Gasteiger partial charge on any atom is 0.262 e. The lowest BCUT2D eigenvalue weighted by molar-refractivity contribution is -0.118. The summed E-state index contributed by atoms with van der Waals surface area (Å²) in [7, 11) is 3.27. The number of hydrogen-bond donors (Lipinski definition) is 2. The number of amides is 1. The van der Waals surface area contributed by atoms with E-state index in [9.17, 15) is 4.79 Å². The number of nitrogens with one attached hydrogen (secondary N) is 2. The van der Waals surface area contributed by atoms with E-state index in [1.165, 1.54) is 0 Å². The molecule has 3 aromatic carbocycles. The van der Waals surface area contributed by atoms with Gasteiger partial charge in [-0.15, -0.1) is 0 Å². The predicted molar refractivity (Wildman–Crippen MR) is 146 cm³/mol. The number of benzene rings is 3. The molecule has 0 aliphatic heterocycles. The van der Waals surface area contributed by atoms with Crippen molar-refractivity contribution in [2.75, 3.05) is 39.3 Å². The van der Waals surface area contributed by atoms with Crippen LogP contribution in [0.5, 0.6) is 23.0 Å². The summed E-state index contributed by atoms with van der Waals surface area (Å²) in [5.74, 6) is 2.31. The zero-order valence-corrected chi connectivity index (χ0v) is 22.7. The smallest absolute Gasteiger partial charge is 0.262 e. The Hall–Kier alpha value is -3.23. The molecule has 0 radical (unpaired) electrons. The Kier molecular flexibility index (Phi) is 10.5. The molecule has 2 N–H and O–H groups in total. The van der Waals surface area contributed by atoms with Gasteiger partial charge in [0.2, 0.25) is 0 Å². The summed E-state index contributed by atoms with van der Waals surface area (Å²) in [6.07, 6.45) is 0.841. The van der Waals surface area contributed by atoms with Crippen LogP contribution in [0.4, 0.5) is 5.69 Å². The number of halogens is 1. The van der Waals surface area contributed by atoms with Crippen LogP contribution in [0.15, 0.2) is 59.1 Å². The van der Waals surface area contributed by atoms with Gasteiger partial charge in [-0.1, -0.05) is 39.7 Å². The standard InChI is InChI=1S/C28H33BrN2O5/c1-5-35-26-15-21(17-30-13-12-20-8-11-24(33-3)25(14-20)34-4)23(29)16-27(26)36-18-28(32)31-22-9-6-19(2)7-10-22/h6-11,14-16,30H,5,12-13,17-18H2,1-4H3,(H,31,32). The Bertz CT molecular complexity index is 1150. The first-order valence-electron chi connectivity index (χ1n) is 11.8. The van der Waals surface area contributed by atoms with Gasteiger partial charge in [0.05, 0.1) is 20.8 Å². The molecule has 0 saturated carbocycles. The van der Waals surface area contributed by atoms with E-state index < -0.39 is 0 Å². The Balaban J connectivity index is 1.56. The molecule has 3 rings (SSSR count). The summed E-state index contributed by atoms with van der Waals surface area (Å²) >= 11 is 3.63. The largest absolute Gasteiger partial charge is 0.493 e.